The summed E-state index contributed by atoms with van der Waals surface area (Å²) in [5.74, 6) is 5.10. The number of hydrogen-bond donors (Lipinski definition) is 2. The number of aromatic nitrogens is 4. The minimum absolute atomic E-state index is 0.0216. The van der Waals surface area contributed by atoms with Gasteiger partial charge in [0.25, 0.3) is 0 Å². The number of rotatable bonds is 3. The van der Waals surface area contributed by atoms with E-state index in [0.29, 0.717) is 11.3 Å². The van der Waals surface area contributed by atoms with Crippen LogP contribution in [0.2, 0.25) is 0 Å². The van der Waals surface area contributed by atoms with Crippen molar-refractivity contribution in [3.8, 4) is 11.8 Å². The van der Waals surface area contributed by atoms with Crippen LogP contribution in [-0.4, -0.2) is 37.8 Å². The number of benzene rings is 1. The van der Waals surface area contributed by atoms with Crippen molar-refractivity contribution < 1.29 is 9.90 Å². The maximum absolute atomic E-state index is 11.9. The van der Waals surface area contributed by atoms with Gasteiger partial charge in [-0.15, -0.1) is 5.10 Å². The van der Waals surface area contributed by atoms with Crippen molar-refractivity contribution in [1.29, 1.82) is 0 Å². The SMILES string of the molecule is Cc1ccc(C#CCO)c(NC(=O)Cn2cnnn2)c1. The Bertz CT molecular complexity index is 655. The Morgan fingerprint density at radius 1 is 1.50 bits per heavy atom. The maximum atomic E-state index is 11.9. The predicted octanol–water partition coefficient (Wildman–Crippen LogP) is -0.0360. The largest absolute Gasteiger partial charge is 0.384 e. The molecule has 1 aromatic carbocycles. The highest BCUT2D eigenvalue weighted by Gasteiger charge is 2.07. The second-order valence-corrected chi connectivity index (χ2v) is 4.06. The molecule has 1 heterocycles. The van der Waals surface area contributed by atoms with E-state index in [4.69, 9.17) is 5.11 Å². The molecule has 1 amide bonds. The van der Waals surface area contributed by atoms with Gasteiger partial charge in [0.15, 0.2) is 0 Å². The molecule has 0 spiro atoms. The molecular weight excluding hydrogens is 258 g/mol. The smallest absolute Gasteiger partial charge is 0.246 e. The first-order valence-electron chi connectivity index (χ1n) is 5.90. The van der Waals surface area contributed by atoms with Crippen molar-refractivity contribution in [3.05, 3.63) is 35.7 Å². The van der Waals surface area contributed by atoms with E-state index >= 15 is 0 Å². The second kappa shape index (κ2) is 6.45. The number of carbonyl (C=O) groups excluding carboxylic acids is 1. The lowest BCUT2D eigenvalue weighted by atomic mass is 10.1. The van der Waals surface area contributed by atoms with Crippen LogP contribution in [0.5, 0.6) is 0 Å². The fraction of sp³-hybridized carbons (Fsp3) is 0.231. The molecule has 0 unspecified atom stereocenters. The average molecular weight is 271 g/mol. The lowest BCUT2D eigenvalue weighted by Crippen LogP contribution is -2.19. The fourth-order valence-corrected chi connectivity index (χ4v) is 1.59. The zero-order valence-electron chi connectivity index (χ0n) is 10.9. The molecule has 0 saturated heterocycles. The Balaban J connectivity index is 2.15. The highest BCUT2D eigenvalue weighted by Crippen LogP contribution is 2.16. The van der Waals surface area contributed by atoms with Gasteiger partial charge in [0.2, 0.25) is 5.91 Å². The Morgan fingerprint density at radius 2 is 2.35 bits per heavy atom. The molecule has 2 N–H and O–H groups in total. The highest BCUT2D eigenvalue weighted by molar-refractivity contribution is 5.92. The van der Waals surface area contributed by atoms with E-state index in [1.54, 1.807) is 6.07 Å². The monoisotopic (exact) mass is 271 g/mol. The van der Waals surface area contributed by atoms with Crippen LogP contribution in [0.3, 0.4) is 0 Å². The van der Waals surface area contributed by atoms with Gasteiger partial charge in [0, 0.05) is 5.56 Å². The molecule has 0 aliphatic carbocycles. The number of anilines is 1. The summed E-state index contributed by atoms with van der Waals surface area (Å²) in [5.41, 5.74) is 2.25. The second-order valence-electron chi connectivity index (χ2n) is 4.06. The fourth-order valence-electron chi connectivity index (χ4n) is 1.59. The van der Waals surface area contributed by atoms with E-state index in [0.717, 1.165) is 5.56 Å². The predicted molar refractivity (Wildman–Crippen MR) is 71.6 cm³/mol. The Hall–Kier alpha value is -2.72. The summed E-state index contributed by atoms with van der Waals surface area (Å²) in [6.45, 7) is 1.71. The summed E-state index contributed by atoms with van der Waals surface area (Å²) in [4.78, 5) is 11.9. The Labute approximate surface area is 115 Å². The van der Waals surface area contributed by atoms with E-state index in [2.05, 4.69) is 32.7 Å². The van der Waals surface area contributed by atoms with Crippen LogP contribution in [0.1, 0.15) is 11.1 Å². The van der Waals surface area contributed by atoms with E-state index in [1.165, 1.54) is 11.0 Å². The van der Waals surface area contributed by atoms with Gasteiger partial charge < -0.3 is 10.4 Å². The number of carbonyl (C=O) groups is 1. The molecule has 20 heavy (non-hydrogen) atoms. The van der Waals surface area contributed by atoms with Crippen molar-refractivity contribution in [1.82, 2.24) is 20.2 Å². The Morgan fingerprint density at radius 3 is 3.05 bits per heavy atom. The van der Waals surface area contributed by atoms with Gasteiger partial charge >= 0.3 is 0 Å². The molecule has 0 aliphatic heterocycles. The van der Waals surface area contributed by atoms with Crippen LogP contribution in [0, 0.1) is 18.8 Å². The van der Waals surface area contributed by atoms with Crippen LogP contribution in [0.4, 0.5) is 5.69 Å². The van der Waals surface area contributed by atoms with Crippen LogP contribution in [0.15, 0.2) is 24.5 Å². The lowest BCUT2D eigenvalue weighted by Gasteiger charge is -2.08. The van der Waals surface area contributed by atoms with Crippen molar-refractivity contribution in [3.63, 3.8) is 0 Å². The molecule has 1 aromatic heterocycles. The summed E-state index contributed by atoms with van der Waals surface area (Å²) in [5, 5.41) is 22.0. The molecule has 0 saturated carbocycles. The summed E-state index contributed by atoms with van der Waals surface area (Å²) < 4.78 is 1.32. The van der Waals surface area contributed by atoms with E-state index in [-0.39, 0.29) is 19.1 Å². The molecule has 102 valence electrons. The van der Waals surface area contributed by atoms with Gasteiger partial charge in [-0.1, -0.05) is 17.9 Å². The van der Waals surface area contributed by atoms with Crippen LogP contribution >= 0.6 is 0 Å². The summed E-state index contributed by atoms with van der Waals surface area (Å²) in [7, 11) is 0. The van der Waals surface area contributed by atoms with E-state index < -0.39 is 0 Å². The number of aliphatic hydroxyl groups is 1. The quantitative estimate of drug-likeness (QED) is 0.764. The van der Waals surface area contributed by atoms with Gasteiger partial charge in [-0.25, -0.2) is 4.68 Å². The number of nitrogens with one attached hydrogen (secondary N) is 1. The topological polar surface area (TPSA) is 92.9 Å². The number of hydrogen-bond acceptors (Lipinski definition) is 5. The molecule has 2 aromatic rings. The van der Waals surface area contributed by atoms with E-state index in [9.17, 15) is 4.79 Å². The van der Waals surface area contributed by atoms with Crippen LogP contribution in [-0.2, 0) is 11.3 Å². The number of nitrogens with zero attached hydrogens (tertiary/aromatic N) is 4. The highest BCUT2D eigenvalue weighted by atomic mass is 16.2. The van der Waals surface area contributed by atoms with Crippen molar-refractivity contribution in [2.75, 3.05) is 11.9 Å². The minimum atomic E-state index is -0.255. The third-order valence-electron chi connectivity index (χ3n) is 2.45. The number of aryl methyl sites for hydroxylation is 1. The molecule has 7 heteroatoms. The van der Waals surface area contributed by atoms with Gasteiger partial charge in [0.1, 0.15) is 19.5 Å². The molecule has 7 nitrogen and oxygen atoms in total. The molecule has 0 fully saturated rings. The number of aliphatic hydroxyl groups excluding tert-OH is 1. The first-order chi connectivity index (χ1) is 9.69. The summed E-state index contributed by atoms with van der Waals surface area (Å²) in [6.07, 6.45) is 1.36. The standard InChI is InChI=1S/C13H13N5O2/c1-10-4-5-11(3-2-6-19)12(7-10)15-13(20)8-18-9-14-16-17-18/h4-5,7,9,19H,6,8H2,1H3,(H,15,20). The van der Waals surface area contributed by atoms with Crippen molar-refractivity contribution in [2.24, 2.45) is 0 Å². The maximum Gasteiger partial charge on any atom is 0.246 e. The zero-order chi connectivity index (χ0) is 14.4. The normalized spacial score (nSPS) is 9.70. The lowest BCUT2D eigenvalue weighted by molar-refractivity contribution is -0.116. The third kappa shape index (κ3) is 3.63. The zero-order valence-corrected chi connectivity index (χ0v) is 10.9. The minimum Gasteiger partial charge on any atom is -0.384 e. The van der Waals surface area contributed by atoms with Crippen LogP contribution < -0.4 is 5.32 Å². The number of tetrazole rings is 1. The van der Waals surface area contributed by atoms with Gasteiger partial charge in [0.05, 0.1) is 5.69 Å². The van der Waals surface area contributed by atoms with Crippen molar-refractivity contribution >= 4 is 11.6 Å². The van der Waals surface area contributed by atoms with Gasteiger partial charge in [-0.05, 0) is 35.0 Å². The first-order valence-corrected chi connectivity index (χ1v) is 5.90. The van der Waals surface area contributed by atoms with E-state index in [1.807, 2.05) is 19.1 Å². The molecular formula is C13H13N5O2. The molecule has 0 atom stereocenters. The molecule has 0 radical (unpaired) electrons. The summed E-state index contributed by atoms with van der Waals surface area (Å²) in [6, 6.07) is 5.50. The molecule has 2 rings (SSSR count). The Kier molecular flexibility index (Phi) is 4.42. The first kappa shape index (κ1) is 13.7. The van der Waals surface area contributed by atoms with Gasteiger partial charge in [-0.2, -0.15) is 0 Å². The molecule has 0 bridgehead atoms. The van der Waals surface area contributed by atoms with Crippen molar-refractivity contribution in [2.45, 2.75) is 13.5 Å². The van der Waals surface area contributed by atoms with Gasteiger partial charge in [-0.3, -0.25) is 4.79 Å². The third-order valence-corrected chi connectivity index (χ3v) is 2.45. The van der Waals surface area contributed by atoms with Crippen LogP contribution in [0.25, 0.3) is 0 Å². The average Bonchev–Trinajstić information content (AvgIpc) is 2.90. The molecule has 0 aliphatic rings. The number of amides is 1. The summed E-state index contributed by atoms with van der Waals surface area (Å²) >= 11 is 0.